The van der Waals surface area contributed by atoms with Crippen LogP contribution in [0.3, 0.4) is 0 Å². The van der Waals surface area contributed by atoms with Crippen LogP contribution in [-0.4, -0.2) is 33.5 Å². The maximum Gasteiger partial charge on any atom is 0.336 e. The SMILES string of the molecule is COc1cccc(N=Cc2ccc(OC(=O)C=Cc3ccc(OC)c(OC)c3)cc2)c1. The zero-order valence-electron chi connectivity index (χ0n) is 17.6. The Labute approximate surface area is 181 Å². The molecule has 31 heavy (non-hydrogen) atoms. The number of carbonyl (C=O) groups is 1. The Morgan fingerprint density at radius 1 is 0.774 bits per heavy atom. The smallest absolute Gasteiger partial charge is 0.336 e. The maximum atomic E-state index is 12.1. The molecule has 0 heterocycles. The maximum absolute atomic E-state index is 12.1. The lowest BCUT2D eigenvalue weighted by Crippen LogP contribution is -2.03. The van der Waals surface area contributed by atoms with Crippen molar-refractivity contribution in [2.75, 3.05) is 21.3 Å². The van der Waals surface area contributed by atoms with E-state index in [2.05, 4.69) is 4.99 Å². The van der Waals surface area contributed by atoms with Gasteiger partial charge in [0.1, 0.15) is 11.5 Å². The summed E-state index contributed by atoms with van der Waals surface area (Å²) in [5.41, 5.74) is 2.46. The van der Waals surface area contributed by atoms with E-state index in [0.29, 0.717) is 17.2 Å². The lowest BCUT2D eigenvalue weighted by Gasteiger charge is -2.07. The summed E-state index contributed by atoms with van der Waals surface area (Å²) in [6.07, 6.45) is 4.75. The van der Waals surface area contributed by atoms with Gasteiger partial charge in [-0.15, -0.1) is 0 Å². The molecule has 0 N–H and O–H groups in total. The molecule has 3 rings (SSSR count). The predicted octanol–water partition coefficient (Wildman–Crippen LogP) is 5.08. The van der Waals surface area contributed by atoms with Gasteiger partial charge in [0.15, 0.2) is 11.5 Å². The van der Waals surface area contributed by atoms with Crippen LogP contribution < -0.4 is 18.9 Å². The van der Waals surface area contributed by atoms with Crippen molar-refractivity contribution < 1.29 is 23.7 Å². The topological polar surface area (TPSA) is 66.4 Å². The highest BCUT2D eigenvalue weighted by molar-refractivity contribution is 5.89. The van der Waals surface area contributed by atoms with Crippen molar-refractivity contribution in [1.82, 2.24) is 0 Å². The van der Waals surface area contributed by atoms with Gasteiger partial charge in [-0.05, 0) is 65.7 Å². The Balaban J connectivity index is 1.59. The summed E-state index contributed by atoms with van der Waals surface area (Å²) in [5.74, 6) is 1.92. The highest BCUT2D eigenvalue weighted by Crippen LogP contribution is 2.28. The van der Waals surface area contributed by atoms with Gasteiger partial charge in [-0.2, -0.15) is 0 Å². The normalized spacial score (nSPS) is 10.9. The Kier molecular flexibility index (Phi) is 7.43. The summed E-state index contributed by atoms with van der Waals surface area (Å²) in [5, 5.41) is 0. The minimum Gasteiger partial charge on any atom is -0.497 e. The van der Waals surface area contributed by atoms with Gasteiger partial charge in [0, 0.05) is 18.4 Å². The van der Waals surface area contributed by atoms with Crippen LogP contribution in [0.1, 0.15) is 11.1 Å². The zero-order chi connectivity index (χ0) is 22.1. The molecule has 0 aliphatic rings. The third kappa shape index (κ3) is 6.21. The van der Waals surface area contributed by atoms with E-state index >= 15 is 0 Å². The number of esters is 1. The first-order valence-electron chi connectivity index (χ1n) is 9.51. The van der Waals surface area contributed by atoms with E-state index < -0.39 is 5.97 Å². The number of hydrogen-bond donors (Lipinski definition) is 0. The van der Waals surface area contributed by atoms with E-state index in [1.165, 1.54) is 6.08 Å². The van der Waals surface area contributed by atoms with Crippen LogP contribution in [-0.2, 0) is 4.79 Å². The van der Waals surface area contributed by atoms with Crippen molar-refractivity contribution in [2.24, 2.45) is 4.99 Å². The lowest BCUT2D eigenvalue weighted by atomic mass is 10.2. The molecular formula is C25H23NO5. The third-order valence-corrected chi connectivity index (χ3v) is 4.33. The monoisotopic (exact) mass is 417 g/mol. The molecule has 0 atom stereocenters. The van der Waals surface area contributed by atoms with Crippen LogP contribution in [0.2, 0.25) is 0 Å². The first-order chi connectivity index (χ1) is 15.1. The molecule has 0 aliphatic heterocycles. The summed E-state index contributed by atoms with van der Waals surface area (Å²) < 4.78 is 21.0. The minimum absolute atomic E-state index is 0.445. The number of aliphatic imine (C=N–C) groups is 1. The van der Waals surface area contributed by atoms with E-state index in [0.717, 1.165) is 22.6 Å². The number of methoxy groups -OCH3 is 3. The van der Waals surface area contributed by atoms with Crippen LogP contribution in [0.4, 0.5) is 5.69 Å². The molecular weight excluding hydrogens is 394 g/mol. The van der Waals surface area contributed by atoms with Crippen molar-refractivity contribution in [1.29, 1.82) is 0 Å². The highest BCUT2D eigenvalue weighted by atomic mass is 16.5. The molecule has 158 valence electrons. The van der Waals surface area contributed by atoms with Gasteiger partial charge in [-0.1, -0.05) is 12.1 Å². The molecule has 0 unspecified atom stereocenters. The van der Waals surface area contributed by atoms with E-state index in [1.54, 1.807) is 57.9 Å². The molecule has 0 spiro atoms. The summed E-state index contributed by atoms with van der Waals surface area (Å²) in [7, 11) is 4.75. The summed E-state index contributed by atoms with van der Waals surface area (Å²) in [4.78, 5) is 16.5. The molecule has 0 aliphatic carbocycles. The fourth-order valence-corrected chi connectivity index (χ4v) is 2.73. The Hall–Kier alpha value is -4.06. The number of benzene rings is 3. The third-order valence-electron chi connectivity index (χ3n) is 4.33. The Bertz CT molecular complexity index is 1090. The molecule has 3 aromatic carbocycles. The molecule has 0 amide bonds. The van der Waals surface area contributed by atoms with Crippen LogP contribution >= 0.6 is 0 Å². The second-order valence-electron chi connectivity index (χ2n) is 6.40. The second-order valence-corrected chi connectivity index (χ2v) is 6.40. The van der Waals surface area contributed by atoms with Crippen LogP contribution in [0.25, 0.3) is 6.08 Å². The van der Waals surface area contributed by atoms with Gasteiger partial charge < -0.3 is 18.9 Å². The molecule has 0 radical (unpaired) electrons. The minimum atomic E-state index is -0.479. The predicted molar refractivity (Wildman–Crippen MR) is 121 cm³/mol. The Morgan fingerprint density at radius 2 is 1.52 bits per heavy atom. The van der Waals surface area contributed by atoms with Gasteiger partial charge in [0.25, 0.3) is 0 Å². The number of carbonyl (C=O) groups excluding carboxylic acids is 1. The first-order valence-corrected chi connectivity index (χ1v) is 9.51. The summed E-state index contributed by atoms with van der Waals surface area (Å²) in [6.45, 7) is 0. The molecule has 0 saturated heterocycles. The number of rotatable bonds is 8. The summed E-state index contributed by atoms with van der Waals surface area (Å²) in [6, 6.07) is 19.9. The van der Waals surface area contributed by atoms with Gasteiger partial charge >= 0.3 is 5.97 Å². The first kappa shape index (κ1) is 21.6. The van der Waals surface area contributed by atoms with Crippen LogP contribution in [0.5, 0.6) is 23.0 Å². The molecule has 0 aromatic heterocycles. The molecule has 0 bridgehead atoms. The van der Waals surface area contributed by atoms with E-state index in [4.69, 9.17) is 18.9 Å². The molecule has 0 saturated carbocycles. The fraction of sp³-hybridized carbons (Fsp3) is 0.120. The van der Waals surface area contributed by atoms with Crippen LogP contribution in [0, 0.1) is 0 Å². The van der Waals surface area contributed by atoms with E-state index in [9.17, 15) is 4.79 Å². The lowest BCUT2D eigenvalue weighted by molar-refractivity contribution is -0.128. The average molecular weight is 417 g/mol. The molecule has 6 nitrogen and oxygen atoms in total. The Morgan fingerprint density at radius 3 is 2.23 bits per heavy atom. The fourth-order valence-electron chi connectivity index (χ4n) is 2.73. The van der Waals surface area contributed by atoms with Crippen molar-refractivity contribution in [3.8, 4) is 23.0 Å². The molecule has 6 heteroatoms. The average Bonchev–Trinajstić information content (AvgIpc) is 2.82. The number of nitrogens with zero attached hydrogens (tertiary/aromatic N) is 1. The van der Waals surface area contributed by atoms with E-state index in [-0.39, 0.29) is 0 Å². The highest BCUT2D eigenvalue weighted by Gasteiger charge is 2.04. The van der Waals surface area contributed by atoms with Crippen molar-refractivity contribution in [3.63, 3.8) is 0 Å². The van der Waals surface area contributed by atoms with Crippen molar-refractivity contribution in [2.45, 2.75) is 0 Å². The molecule has 3 aromatic rings. The van der Waals surface area contributed by atoms with Gasteiger partial charge in [-0.3, -0.25) is 4.99 Å². The van der Waals surface area contributed by atoms with Gasteiger partial charge in [-0.25, -0.2) is 4.79 Å². The standard InChI is InChI=1S/C25H23NO5/c1-28-22-6-4-5-20(16-22)26-17-19-7-11-21(12-8-19)31-25(27)14-10-18-9-13-23(29-2)24(15-18)30-3/h4-17H,1-3H3. The number of hydrogen-bond acceptors (Lipinski definition) is 6. The van der Waals surface area contributed by atoms with Gasteiger partial charge in [0.2, 0.25) is 0 Å². The van der Waals surface area contributed by atoms with Crippen molar-refractivity contribution in [3.05, 3.63) is 83.9 Å². The van der Waals surface area contributed by atoms with Crippen LogP contribution in [0.15, 0.2) is 77.8 Å². The van der Waals surface area contributed by atoms with E-state index in [1.807, 2.05) is 42.5 Å². The quantitative estimate of drug-likeness (QED) is 0.221. The number of ether oxygens (including phenoxy) is 4. The summed E-state index contributed by atoms with van der Waals surface area (Å²) >= 11 is 0. The molecule has 0 fully saturated rings. The second kappa shape index (κ2) is 10.6. The largest absolute Gasteiger partial charge is 0.497 e. The van der Waals surface area contributed by atoms with Gasteiger partial charge in [0.05, 0.1) is 27.0 Å². The zero-order valence-corrected chi connectivity index (χ0v) is 17.6. The van der Waals surface area contributed by atoms with Crippen molar-refractivity contribution >= 4 is 23.9 Å².